The number of esters is 3. The van der Waals surface area contributed by atoms with Crippen LogP contribution in [0.1, 0.15) is 46.6 Å². The van der Waals surface area contributed by atoms with Crippen molar-refractivity contribution in [2.75, 3.05) is 6.61 Å². The lowest BCUT2D eigenvalue weighted by atomic mass is 10.1. The second-order valence-corrected chi connectivity index (χ2v) is 6.92. The zero-order valence-electron chi connectivity index (χ0n) is 18.3. The van der Waals surface area contributed by atoms with Crippen molar-refractivity contribution in [3.63, 3.8) is 0 Å². The Morgan fingerprint density at radius 3 is 2.13 bits per heavy atom. The van der Waals surface area contributed by atoms with Crippen molar-refractivity contribution in [1.29, 1.82) is 0 Å². The molecule has 0 heterocycles. The van der Waals surface area contributed by atoms with Crippen LogP contribution in [0, 0.1) is 0 Å². The van der Waals surface area contributed by atoms with Gasteiger partial charge in [-0.1, -0.05) is 13.0 Å². The predicted molar refractivity (Wildman–Crippen MR) is 108 cm³/mol. The molecule has 10 heteroatoms. The summed E-state index contributed by atoms with van der Waals surface area (Å²) in [5.74, 6) is -1.79. The highest BCUT2D eigenvalue weighted by Crippen LogP contribution is 2.29. The fourth-order valence-corrected chi connectivity index (χ4v) is 2.28. The van der Waals surface area contributed by atoms with Gasteiger partial charge in [-0.2, -0.15) is 0 Å². The number of benzene rings is 1. The Morgan fingerprint density at radius 2 is 1.55 bits per heavy atom. The standard InChI is InChI=1S/C21H29NO9/c1-6-12(2)29-21(26)27-11-13(3)28-20(25)17(22)9-16-7-8-18(30-14(4)23)19(10-16)31-15(5)24/h7-8,10,12-13,17H,6,9,11,22H2,1-5H3/t12?,13-,17-/m0/s1. The molecule has 1 rings (SSSR count). The van der Waals surface area contributed by atoms with Crippen molar-refractivity contribution in [2.24, 2.45) is 5.73 Å². The van der Waals surface area contributed by atoms with Gasteiger partial charge >= 0.3 is 24.1 Å². The number of carbonyl (C=O) groups is 4. The van der Waals surface area contributed by atoms with Crippen LogP contribution in [0.4, 0.5) is 4.79 Å². The van der Waals surface area contributed by atoms with Gasteiger partial charge in [0.25, 0.3) is 0 Å². The molecule has 0 saturated heterocycles. The van der Waals surface area contributed by atoms with Crippen molar-refractivity contribution in [1.82, 2.24) is 0 Å². The van der Waals surface area contributed by atoms with Gasteiger partial charge in [0.1, 0.15) is 24.9 Å². The summed E-state index contributed by atoms with van der Waals surface area (Å²) in [6, 6.07) is 3.44. The summed E-state index contributed by atoms with van der Waals surface area (Å²) in [5.41, 5.74) is 6.46. The lowest BCUT2D eigenvalue weighted by molar-refractivity contribution is -0.152. The van der Waals surface area contributed by atoms with E-state index in [0.717, 1.165) is 0 Å². The minimum Gasteiger partial charge on any atom is -0.458 e. The fourth-order valence-electron chi connectivity index (χ4n) is 2.28. The number of ether oxygens (including phenoxy) is 5. The van der Waals surface area contributed by atoms with E-state index in [0.29, 0.717) is 12.0 Å². The molecular weight excluding hydrogens is 410 g/mol. The molecule has 0 spiro atoms. The summed E-state index contributed by atoms with van der Waals surface area (Å²) in [6.07, 6.45) is -1.13. The van der Waals surface area contributed by atoms with Crippen LogP contribution in [-0.2, 0) is 35.0 Å². The van der Waals surface area contributed by atoms with Crippen LogP contribution in [0.3, 0.4) is 0 Å². The van der Waals surface area contributed by atoms with Crippen LogP contribution >= 0.6 is 0 Å². The maximum atomic E-state index is 12.2. The Balaban J connectivity index is 2.65. The first kappa shape index (κ1) is 25.9. The molecule has 172 valence electrons. The van der Waals surface area contributed by atoms with E-state index in [2.05, 4.69) is 0 Å². The highest BCUT2D eigenvalue weighted by Gasteiger charge is 2.21. The summed E-state index contributed by atoms with van der Waals surface area (Å²) in [6.45, 7) is 7.38. The van der Waals surface area contributed by atoms with Gasteiger partial charge in [-0.25, -0.2) is 4.79 Å². The summed E-state index contributed by atoms with van der Waals surface area (Å²) in [7, 11) is 0. The highest BCUT2D eigenvalue weighted by atomic mass is 16.7. The van der Waals surface area contributed by atoms with E-state index >= 15 is 0 Å². The van der Waals surface area contributed by atoms with E-state index in [9.17, 15) is 19.2 Å². The van der Waals surface area contributed by atoms with Gasteiger partial charge in [0.15, 0.2) is 11.5 Å². The first-order valence-electron chi connectivity index (χ1n) is 9.81. The molecule has 0 fully saturated rings. The molecule has 1 aromatic carbocycles. The molecule has 0 aliphatic rings. The Bertz CT molecular complexity index is 793. The Kier molecular flexibility index (Phi) is 10.5. The zero-order chi connectivity index (χ0) is 23.6. The summed E-state index contributed by atoms with van der Waals surface area (Å²) in [5, 5.41) is 0. The van der Waals surface area contributed by atoms with Crippen molar-refractivity contribution in [3.8, 4) is 11.5 Å². The van der Waals surface area contributed by atoms with Crippen LogP contribution in [0.25, 0.3) is 0 Å². The molecule has 0 aliphatic heterocycles. The van der Waals surface area contributed by atoms with E-state index in [1.54, 1.807) is 19.9 Å². The van der Waals surface area contributed by atoms with Crippen molar-refractivity contribution in [2.45, 2.75) is 65.7 Å². The van der Waals surface area contributed by atoms with E-state index in [1.807, 2.05) is 6.92 Å². The molecule has 3 atom stereocenters. The number of carbonyl (C=O) groups excluding carboxylic acids is 4. The van der Waals surface area contributed by atoms with Crippen LogP contribution < -0.4 is 15.2 Å². The average molecular weight is 439 g/mol. The molecular formula is C21H29NO9. The normalized spacial score (nSPS) is 13.4. The van der Waals surface area contributed by atoms with Gasteiger partial charge in [-0.15, -0.1) is 0 Å². The van der Waals surface area contributed by atoms with Crippen molar-refractivity contribution in [3.05, 3.63) is 23.8 Å². The Morgan fingerprint density at radius 1 is 0.935 bits per heavy atom. The van der Waals surface area contributed by atoms with Crippen LogP contribution in [0.15, 0.2) is 18.2 Å². The molecule has 0 bridgehead atoms. The maximum Gasteiger partial charge on any atom is 0.508 e. The Hall–Kier alpha value is -3.14. The second-order valence-electron chi connectivity index (χ2n) is 6.92. The fraction of sp³-hybridized carbons (Fsp3) is 0.524. The molecule has 0 saturated carbocycles. The molecule has 1 unspecified atom stereocenters. The van der Waals surface area contributed by atoms with E-state index in [-0.39, 0.29) is 30.6 Å². The van der Waals surface area contributed by atoms with Gasteiger partial charge in [-0.3, -0.25) is 14.4 Å². The summed E-state index contributed by atoms with van der Waals surface area (Å²) in [4.78, 5) is 46.2. The molecule has 0 aliphatic carbocycles. The van der Waals surface area contributed by atoms with E-state index in [4.69, 9.17) is 29.4 Å². The third kappa shape index (κ3) is 9.94. The topological polar surface area (TPSA) is 140 Å². The first-order chi connectivity index (χ1) is 14.5. The van der Waals surface area contributed by atoms with Gasteiger partial charge in [0.2, 0.25) is 0 Å². The monoisotopic (exact) mass is 439 g/mol. The number of hydrogen-bond donors (Lipinski definition) is 1. The van der Waals surface area contributed by atoms with Crippen molar-refractivity contribution >= 4 is 24.1 Å². The molecule has 0 radical (unpaired) electrons. The molecule has 0 aromatic heterocycles. The lowest BCUT2D eigenvalue weighted by Gasteiger charge is -2.18. The minimum atomic E-state index is -1.03. The number of hydrogen-bond acceptors (Lipinski definition) is 10. The first-order valence-corrected chi connectivity index (χ1v) is 9.81. The van der Waals surface area contributed by atoms with Gasteiger partial charge in [0, 0.05) is 13.8 Å². The smallest absolute Gasteiger partial charge is 0.458 e. The van der Waals surface area contributed by atoms with Crippen LogP contribution in [0.5, 0.6) is 11.5 Å². The van der Waals surface area contributed by atoms with E-state index < -0.39 is 36.2 Å². The molecule has 1 aromatic rings. The molecule has 31 heavy (non-hydrogen) atoms. The summed E-state index contributed by atoms with van der Waals surface area (Å²) < 4.78 is 25.1. The number of rotatable bonds is 10. The predicted octanol–water partition coefficient (Wildman–Crippen LogP) is 2.29. The summed E-state index contributed by atoms with van der Waals surface area (Å²) >= 11 is 0. The lowest BCUT2D eigenvalue weighted by Crippen LogP contribution is -2.37. The third-order valence-corrected chi connectivity index (χ3v) is 3.90. The average Bonchev–Trinajstić information content (AvgIpc) is 2.67. The van der Waals surface area contributed by atoms with Gasteiger partial charge in [0.05, 0.1) is 0 Å². The van der Waals surface area contributed by atoms with Gasteiger partial charge in [-0.05, 0) is 44.4 Å². The maximum absolute atomic E-state index is 12.2. The van der Waals surface area contributed by atoms with Crippen molar-refractivity contribution < 1.29 is 42.9 Å². The second kappa shape index (κ2) is 12.5. The SMILES string of the molecule is CCC(C)OC(=O)OC[C@H](C)OC(=O)[C@@H](N)Cc1ccc(OC(C)=O)c(OC(C)=O)c1. The zero-order valence-corrected chi connectivity index (χ0v) is 18.3. The number of nitrogens with two attached hydrogens (primary N) is 1. The van der Waals surface area contributed by atoms with Gasteiger partial charge < -0.3 is 29.4 Å². The third-order valence-electron chi connectivity index (χ3n) is 3.90. The molecule has 2 N–H and O–H groups in total. The molecule has 0 amide bonds. The Labute approximate surface area is 180 Å². The largest absolute Gasteiger partial charge is 0.508 e. The van der Waals surface area contributed by atoms with Crippen LogP contribution in [-0.4, -0.2) is 48.9 Å². The minimum absolute atomic E-state index is 0.0300. The van der Waals surface area contributed by atoms with E-state index in [1.165, 1.54) is 26.0 Å². The highest BCUT2D eigenvalue weighted by molar-refractivity contribution is 5.76. The molecule has 10 nitrogen and oxygen atoms in total. The quantitative estimate of drug-likeness (QED) is 0.426. The van der Waals surface area contributed by atoms with Crippen LogP contribution in [0.2, 0.25) is 0 Å².